The Hall–Kier alpha value is -1.38. The molecule has 9 heteroatoms. The summed E-state index contributed by atoms with van der Waals surface area (Å²) < 4.78 is 39.6. The monoisotopic (exact) mass is 321 g/mol. The summed E-state index contributed by atoms with van der Waals surface area (Å²) in [5.74, 6) is -0.634. The second-order valence-corrected chi connectivity index (χ2v) is 7.03. The van der Waals surface area contributed by atoms with E-state index in [1.807, 2.05) is 0 Å². The first kappa shape index (κ1) is 14.0. The van der Waals surface area contributed by atoms with E-state index in [4.69, 9.17) is 17.3 Å². The number of thiazole rings is 1. The van der Waals surface area contributed by atoms with Gasteiger partial charge in [0.15, 0.2) is 9.34 Å². The largest absolute Gasteiger partial charge is 0.375 e. The molecule has 0 spiro atoms. The van der Waals surface area contributed by atoms with Gasteiger partial charge in [-0.25, -0.2) is 17.8 Å². The number of aryl methyl sites for hydroxylation is 1. The number of nitrogens with two attached hydrogens (primary N) is 1. The third-order valence-electron chi connectivity index (χ3n) is 2.13. The maximum absolute atomic E-state index is 13.1. The minimum atomic E-state index is -3.86. The molecule has 0 amide bonds. The summed E-state index contributed by atoms with van der Waals surface area (Å²) in [4.78, 5) is 3.83. The van der Waals surface area contributed by atoms with E-state index in [1.165, 1.54) is 13.0 Å². The lowest BCUT2D eigenvalue weighted by molar-refractivity contribution is 0.602. The van der Waals surface area contributed by atoms with Gasteiger partial charge in [0.1, 0.15) is 5.82 Å². The molecule has 0 aliphatic rings. The third kappa shape index (κ3) is 3.14. The fourth-order valence-electron chi connectivity index (χ4n) is 1.47. The molecule has 5 nitrogen and oxygen atoms in total. The van der Waals surface area contributed by atoms with Gasteiger partial charge < -0.3 is 5.73 Å². The molecule has 3 N–H and O–H groups in total. The normalized spacial score (nSPS) is 11.5. The summed E-state index contributed by atoms with van der Waals surface area (Å²) in [6.45, 7) is 1.53. The fraction of sp³-hybridized carbons (Fsp3) is 0.100. The van der Waals surface area contributed by atoms with Crippen LogP contribution in [0.5, 0.6) is 0 Å². The molecule has 0 fully saturated rings. The van der Waals surface area contributed by atoms with Crippen LogP contribution < -0.4 is 10.5 Å². The molecule has 1 heterocycles. The topological polar surface area (TPSA) is 85.1 Å². The number of hydrogen-bond acceptors (Lipinski definition) is 5. The Morgan fingerprint density at radius 3 is 2.63 bits per heavy atom. The minimum Gasteiger partial charge on any atom is -0.375 e. The van der Waals surface area contributed by atoms with Crippen molar-refractivity contribution in [2.75, 3.05) is 10.5 Å². The average molecular weight is 322 g/mol. The minimum absolute atomic E-state index is 0.00890. The molecular weight excluding hydrogens is 313 g/mol. The number of rotatable bonds is 3. The highest BCUT2D eigenvalue weighted by Crippen LogP contribution is 2.28. The number of nitrogens with one attached hydrogen (secondary N) is 1. The zero-order valence-electron chi connectivity index (χ0n) is 9.65. The molecule has 0 radical (unpaired) electrons. The molecule has 1 aromatic carbocycles. The summed E-state index contributed by atoms with van der Waals surface area (Å²) >= 11 is 6.49. The number of nitrogens with zero attached hydrogens (tertiary/aromatic N) is 1. The SMILES string of the molecule is Cc1nc(N)sc1S(=O)(=O)Nc1cc(F)cc(Cl)c1. The molecule has 2 rings (SSSR count). The number of benzene rings is 1. The van der Waals surface area contributed by atoms with Crippen LogP contribution in [0.15, 0.2) is 22.4 Å². The Morgan fingerprint density at radius 2 is 2.11 bits per heavy atom. The first-order valence-corrected chi connectivity index (χ1v) is 7.67. The number of nitrogen functional groups attached to an aromatic ring is 1. The molecule has 0 aliphatic heterocycles. The Bertz CT molecular complexity index is 710. The summed E-state index contributed by atoms with van der Waals surface area (Å²) in [5.41, 5.74) is 5.78. The first-order valence-electron chi connectivity index (χ1n) is 5.00. The first-order chi connectivity index (χ1) is 8.78. The van der Waals surface area contributed by atoms with Crippen molar-refractivity contribution in [2.45, 2.75) is 11.1 Å². The highest BCUT2D eigenvalue weighted by atomic mass is 35.5. The summed E-state index contributed by atoms with van der Waals surface area (Å²) in [7, 11) is -3.86. The van der Waals surface area contributed by atoms with Crippen molar-refractivity contribution in [3.8, 4) is 0 Å². The number of halogens is 2. The van der Waals surface area contributed by atoms with Crippen molar-refractivity contribution < 1.29 is 12.8 Å². The summed E-state index contributed by atoms with van der Waals surface area (Å²) in [5, 5.41) is 0.244. The van der Waals surface area contributed by atoms with Crippen LogP contribution in [0.2, 0.25) is 5.02 Å². The van der Waals surface area contributed by atoms with Gasteiger partial charge in [0.25, 0.3) is 10.0 Å². The lowest BCUT2D eigenvalue weighted by Crippen LogP contribution is -2.12. The molecule has 1 aromatic heterocycles. The molecule has 0 aliphatic carbocycles. The maximum atomic E-state index is 13.1. The average Bonchev–Trinajstić information content (AvgIpc) is 2.56. The molecule has 19 heavy (non-hydrogen) atoms. The molecule has 0 unspecified atom stereocenters. The second kappa shape index (κ2) is 4.95. The maximum Gasteiger partial charge on any atom is 0.273 e. The van der Waals surface area contributed by atoms with Crippen LogP contribution in [0, 0.1) is 12.7 Å². The van der Waals surface area contributed by atoms with E-state index < -0.39 is 15.8 Å². The van der Waals surface area contributed by atoms with Gasteiger partial charge in [0.2, 0.25) is 0 Å². The predicted molar refractivity (Wildman–Crippen MR) is 73.5 cm³/mol. The van der Waals surface area contributed by atoms with Crippen LogP contribution in [0.25, 0.3) is 0 Å². The molecular formula is C10H9ClFN3O2S2. The van der Waals surface area contributed by atoms with Crippen LogP contribution >= 0.6 is 22.9 Å². The van der Waals surface area contributed by atoms with Gasteiger partial charge in [-0.15, -0.1) is 0 Å². The van der Waals surface area contributed by atoms with Crippen molar-refractivity contribution in [1.82, 2.24) is 4.98 Å². The molecule has 2 aromatic rings. The summed E-state index contributed by atoms with van der Waals surface area (Å²) in [6.07, 6.45) is 0. The summed E-state index contributed by atoms with van der Waals surface area (Å²) in [6, 6.07) is 3.42. The van der Waals surface area contributed by atoms with E-state index >= 15 is 0 Å². The lowest BCUT2D eigenvalue weighted by Gasteiger charge is -2.07. The van der Waals surface area contributed by atoms with Crippen LogP contribution in [-0.2, 0) is 10.0 Å². The van der Waals surface area contributed by atoms with Crippen molar-refractivity contribution in [1.29, 1.82) is 0 Å². The number of sulfonamides is 1. The molecule has 0 saturated heterocycles. The van der Waals surface area contributed by atoms with Gasteiger partial charge in [-0.1, -0.05) is 22.9 Å². The van der Waals surface area contributed by atoms with Crippen molar-refractivity contribution in [3.05, 3.63) is 34.7 Å². The number of aromatic nitrogens is 1. The quantitative estimate of drug-likeness (QED) is 0.910. The predicted octanol–water partition coefficient (Wildman–Crippen LogP) is 2.63. The van der Waals surface area contributed by atoms with Crippen LogP contribution in [0.1, 0.15) is 5.69 Å². The van der Waals surface area contributed by atoms with E-state index in [9.17, 15) is 12.8 Å². The van der Waals surface area contributed by atoms with Crippen molar-refractivity contribution in [2.24, 2.45) is 0 Å². The van der Waals surface area contributed by atoms with E-state index in [0.29, 0.717) is 0 Å². The van der Waals surface area contributed by atoms with E-state index in [2.05, 4.69) is 9.71 Å². The Kier molecular flexibility index (Phi) is 3.66. The number of hydrogen-bond donors (Lipinski definition) is 2. The van der Waals surface area contributed by atoms with Gasteiger partial charge in [0.05, 0.1) is 11.4 Å². The molecule has 0 bridgehead atoms. The van der Waals surface area contributed by atoms with Gasteiger partial charge in [-0.05, 0) is 25.1 Å². The third-order valence-corrected chi connectivity index (χ3v) is 5.33. The molecule has 0 atom stereocenters. The Morgan fingerprint density at radius 1 is 1.42 bits per heavy atom. The van der Waals surface area contributed by atoms with Crippen LogP contribution in [0.4, 0.5) is 15.2 Å². The standard InChI is InChI=1S/C10H9ClFN3O2S2/c1-5-9(18-10(13)14-5)19(16,17)15-8-3-6(11)2-7(12)4-8/h2-4,15H,1H3,(H2,13,14). The van der Waals surface area contributed by atoms with Gasteiger partial charge in [-0.3, -0.25) is 4.72 Å². The van der Waals surface area contributed by atoms with Crippen LogP contribution in [-0.4, -0.2) is 13.4 Å². The Balaban J connectivity index is 2.39. The Labute approximate surface area is 118 Å². The van der Waals surface area contributed by atoms with Crippen molar-refractivity contribution in [3.63, 3.8) is 0 Å². The van der Waals surface area contributed by atoms with E-state index in [0.717, 1.165) is 23.5 Å². The van der Waals surface area contributed by atoms with Crippen LogP contribution in [0.3, 0.4) is 0 Å². The molecule has 102 valence electrons. The highest BCUT2D eigenvalue weighted by molar-refractivity contribution is 7.94. The highest BCUT2D eigenvalue weighted by Gasteiger charge is 2.21. The van der Waals surface area contributed by atoms with Gasteiger partial charge >= 0.3 is 0 Å². The second-order valence-electron chi connectivity index (χ2n) is 3.69. The fourth-order valence-corrected chi connectivity index (χ4v) is 4.03. The zero-order valence-corrected chi connectivity index (χ0v) is 12.0. The number of anilines is 2. The van der Waals surface area contributed by atoms with Crippen molar-refractivity contribution >= 4 is 43.8 Å². The van der Waals surface area contributed by atoms with E-state index in [1.54, 1.807) is 0 Å². The molecule has 0 saturated carbocycles. The smallest absolute Gasteiger partial charge is 0.273 e. The van der Waals surface area contributed by atoms with Gasteiger partial charge in [-0.2, -0.15) is 0 Å². The zero-order chi connectivity index (χ0) is 14.2. The lowest BCUT2D eigenvalue weighted by atomic mass is 10.3. The van der Waals surface area contributed by atoms with Gasteiger partial charge in [0, 0.05) is 5.02 Å². The van der Waals surface area contributed by atoms with E-state index in [-0.39, 0.29) is 25.7 Å².